The number of aliphatic hydroxyl groups is 1. The van der Waals surface area contributed by atoms with Crippen molar-refractivity contribution < 1.29 is 34.5 Å². The van der Waals surface area contributed by atoms with Crippen LogP contribution in [0.1, 0.15) is 94.1 Å². The van der Waals surface area contributed by atoms with Gasteiger partial charge in [-0.2, -0.15) is 0 Å². The fourth-order valence-electron chi connectivity index (χ4n) is 6.61. The Morgan fingerprint density at radius 3 is 2.00 bits per heavy atom. The second-order valence-corrected chi connectivity index (χ2v) is 14.8. The van der Waals surface area contributed by atoms with Crippen LogP contribution >= 0.6 is 11.9 Å². The van der Waals surface area contributed by atoms with Crippen molar-refractivity contribution in [2.24, 2.45) is 5.92 Å². The minimum Gasteiger partial charge on any atom is -0.481 e. The number of anilines is 3. The molecule has 0 aromatic heterocycles. The molecule has 0 atom stereocenters. The highest BCUT2D eigenvalue weighted by molar-refractivity contribution is 7.97. The van der Waals surface area contributed by atoms with E-state index in [1.165, 1.54) is 18.4 Å². The SMILES string of the molecule is CCNSc1cccc(C(=O)Nc2ccc(N3CCCCC3)cc2C(=O)Nc2ccc(CCc3ccc(C(=O)O)cc3)cc2)c1.O=C(O)C1CCC(O)CC1. The number of hydrogen-bond donors (Lipinski definition) is 6. The van der Waals surface area contributed by atoms with Gasteiger partial charge in [-0.05, 0) is 142 Å². The van der Waals surface area contributed by atoms with Gasteiger partial charge in [0.15, 0.2) is 0 Å². The highest BCUT2D eigenvalue weighted by Crippen LogP contribution is 2.28. The van der Waals surface area contributed by atoms with Crippen molar-refractivity contribution in [3.63, 3.8) is 0 Å². The number of benzene rings is 4. The van der Waals surface area contributed by atoms with Crippen LogP contribution in [0.2, 0.25) is 0 Å². The summed E-state index contributed by atoms with van der Waals surface area (Å²) in [5.74, 6) is -2.44. The molecule has 4 aromatic rings. The van der Waals surface area contributed by atoms with Gasteiger partial charge in [0.05, 0.1) is 28.8 Å². The van der Waals surface area contributed by atoms with E-state index in [0.717, 1.165) is 67.0 Å². The number of hydrogen-bond acceptors (Lipinski definition) is 8. The summed E-state index contributed by atoms with van der Waals surface area (Å²) in [5, 5.41) is 32.7. The average Bonchev–Trinajstić information content (AvgIpc) is 3.21. The number of aliphatic carboxylic acids is 1. The molecule has 1 saturated heterocycles. The smallest absolute Gasteiger partial charge is 0.335 e. The van der Waals surface area contributed by atoms with Gasteiger partial charge in [0, 0.05) is 41.5 Å². The largest absolute Gasteiger partial charge is 0.481 e. The van der Waals surface area contributed by atoms with Crippen molar-refractivity contribution in [1.29, 1.82) is 0 Å². The van der Waals surface area contributed by atoms with Crippen LogP contribution in [0, 0.1) is 5.92 Å². The molecule has 2 fully saturated rings. The van der Waals surface area contributed by atoms with Crippen molar-refractivity contribution in [1.82, 2.24) is 4.72 Å². The van der Waals surface area contributed by atoms with Crippen LogP contribution in [0.3, 0.4) is 0 Å². The van der Waals surface area contributed by atoms with Crippen molar-refractivity contribution in [2.45, 2.75) is 75.7 Å². The van der Waals surface area contributed by atoms with Crippen LogP contribution in [0.25, 0.3) is 0 Å². The second kappa shape index (κ2) is 20.5. The normalized spacial score (nSPS) is 16.7. The van der Waals surface area contributed by atoms with Crippen LogP contribution < -0.4 is 20.3 Å². The lowest BCUT2D eigenvalue weighted by molar-refractivity contribution is -0.143. The van der Waals surface area contributed by atoms with Crippen molar-refractivity contribution >= 4 is 52.8 Å². The first-order valence-electron chi connectivity index (χ1n) is 18.9. The van der Waals surface area contributed by atoms with Gasteiger partial charge in [-0.25, -0.2) is 4.79 Å². The number of carboxylic acid groups (broad SMARTS) is 2. The summed E-state index contributed by atoms with van der Waals surface area (Å²) in [6.45, 7) is 4.70. The van der Waals surface area contributed by atoms with Gasteiger partial charge in [0.25, 0.3) is 11.8 Å². The Morgan fingerprint density at radius 2 is 1.38 bits per heavy atom. The maximum Gasteiger partial charge on any atom is 0.335 e. The van der Waals surface area contributed by atoms with Gasteiger partial charge < -0.3 is 30.9 Å². The number of carboxylic acids is 2. The molecule has 0 unspecified atom stereocenters. The molecule has 6 N–H and O–H groups in total. The number of amides is 2. The van der Waals surface area contributed by atoms with Crippen molar-refractivity contribution in [2.75, 3.05) is 35.2 Å². The van der Waals surface area contributed by atoms with Crippen molar-refractivity contribution in [3.05, 3.63) is 119 Å². The molecule has 290 valence electrons. The first kappa shape index (κ1) is 41.0. The highest BCUT2D eigenvalue weighted by atomic mass is 32.2. The standard InChI is InChI=1S/C36H38N4O4S.C7H12O3/c1-2-37-45-31-8-6-7-28(23-31)34(41)39-33-20-19-30(40-21-4-3-5-22-40)24-32(33)35(42)38-29-17-13-26(14-18-29)10-9-25-11-15-27(16-12-25)36(43)44;8-6-3-1-5(2-4-6)7(9)10/h6-8,11-20,23-24,37H,2-5,9-10,21-22H2,1H3,(H,38,42)(H,39,41)(H,43,44);5-6,8H,1-4H2,(H,9,10). The van der Waals surface area contributed by atoms with Gasteiger partial charge in [0.2, 0.25) is 0 Å². The summed E-state index contributed by atoms with van der Waals surface area (Å²) in [6, 6.07) is 27.7. The topological polar surface area (TPSA) is 168 Å². The maximum absolute atomic E-state index is 13.7. The summed E-state index contributed by atoms with van der Waals surface area (Å²) in [6.07, 6.45) is 7.30. The number of carbonyl (C=O) groups is 4. The van der Waals surface area contributed by atoms with E-state index in [-0.39, 0.29) is 29.4 Å². The molecule has 2 aliphatic rings. The molecule has 12 heteroatoms. The molecule has 1 aliphatic carbocycles. The Labute approximate surface area is 326 Å². The summed E-state index contributed by atoms with van der Waals surface area (Å²) < 4.78 is 3.20. The molecule has 0 spiro atoms. The predicted molar refractivity (Wildman–Crippen MR) is 217 cm³/mol. The van der Waals surface area contributed by atoms with E-state index in [2.05, 4.69) is 20.3 Å². The Kier molecular flexibility index (Phi) is 15.3. The molecule has 4 aromatic carbocycles. The summed E-state index contributed by atoms with van der Waals surface area (Å²) in [4.78, 5) is 51.7. The Balaban J connectivity index is 0.000000504. The number of nitrogens with zero attached hydrogens (tertiary/aromatic N) is 1. The van der Waals surface area contributed by atoms with Crippen LogP contribution in [-0.4, -0.2) is 64.8 Å². The van der Waals surface area contributed by atoms with Crippen LogP contribution in [0.15, 0.2) is 95.9 Å². The van der Waals surface area contributed by atoms with Gasteiger partial charge in [-0.3, -0.25) is 19.1 Å². The Hall–Kier alpha value is -5.17. The lowest BCUT2D eigenvalue weighted by atomic mass is 9.88. The quantitative estimate of drug-likeness (QED) is 0.0736. The summed E-state index contributed by atoms with van der Waals surface area (Å²) in [5.41, 5.74) is 5.42. The van der Waals surface area contributed by atoms with E-state index in [1.807, 2.05) is 79.7 Å². The van der Waals surface area contributed by atoms with Crippen LogP contribution in [0.4, 0.5) is 17.1 Å². The predicted octanol–water partition coefficient (Wildman–Crippen LogP) is 7.90. The van der Waals surface area contributed by atoms with E-state index >= 15 is 0 Å². The first-order chi connectivity index (χ1) is 26.6. The molecule has 1 saturated carbocycles. The minimum atomic E-state index is -0.934. The number of piperidine rings is 1. The highest BCUT2D eigenvalue weighted by Gasteiger charge is 2.24. The third kappa shape index (κ3) is 12.4. The molecule has 1 aliphatic heterocycles. The first-order valence-corrected chi connectivity index (χ1v) is 19.7. The number of aromatic carboxylic acids is 1. The number of nitrogens with one attached hydrogen (secondary N) is 3. The maximum atomic E-state index is 13.7. The fraction of sp³-hybridized carbons (Fsp3) is 0.349. The molecule has 0 bridgehead atoms. The van der Waals surface area contributed by atoms with Gasteiger partial charge in [-0.1, -0.05) is 37.3 Å². The zero-order valence-corrected chi connectivity index (χ0v) is 31.9. The third-order valence-corrected chi connectivity index (χ3v) is 10.7. The van der Waals surface area contributed by atoms with Crippen molar-refractivity contribution in [3.8, 4) is 0 Å². The van der Waals surface area contributed by atoms with Gasteiger partial charge >= 0.3 is 11.9 Å². The number of carbonyl (C=O) groups excluding carboxylic acids is 2. The van der Waals surface area contributed by atoms with Crippen LogP contribution in [0.5, 0.6) is 0 Å². The van der Waals surface area contributed by atoms with Gasteiger partial charge in [0.1, 0.15) is 0 Å². The zero-order chi connectivity index (χ0) is 39.2. The molecule has 0 radical (unpaired) electrons. The zero-order valence-electron chi connectivity index (χ0n) is 31.1. The Morgan fingerprint density at radius 1 is 0.727 bits per heavy atom. The van der Waals surface area contributed by atoms with E-state index < -0.39 is 11.9 Å². The van der Waals surface area contributed by atoms with Crippen LogP contribution in [-0.2, 0) is 17.6 Å². The lowest BCUT2D eigenvalue weighted by Gasteiger charge is -2.29. The summed E-state index contributed by atoms with van der Waals surface area (Å²) >= 11 is 1.47. The Bertz CT molecular complexity index is 1910. The molecule has 55 heavy (non-hydrogen) atoms. The minimum absolute atomic E-state index is 0.205. The third-order valence-electron chi connectivity index (χ3n) is 9.81. The van der Waals surface area contributed by atoms with E-state index in [0.29, 0.717) is 48.2 Å². The number of rotatable bonds is 13. The monoisotopic (exact) mass is 766 g/mol. The van der Waals surface area contributed by atoms with E-state index in [4.69, 9.17) is 15.3 Å². The summed E-state index contributed by atoms with van der Waals surface area (Å²) in [7, 11) is 0. The second-order valence-electron chi connectivity index (χ2n) is 13.9. The van der Waals surface area contributed by atoms with E-state index in [1.54, 1.807) is 18.2 Å². The fourth-order valence-corrected chi connectivity index (χ4v) is 7.25. The van der Waals surface area contributed by atoms with Gasteiger partial charge in [-0.15, -0.1) is 0 Å². The number of aliphatic hydroxyl groups excluding tert-OH is 1. The molecular formula is C43H50N4O7S. The van der Waals surface area contributed by atoms with E-state index in [9.17, 15) is 19.2 Å². The molecule has 6 rings (SSSR count). The number of aryl methyl sites for hydroxylation is 2. The molecule has 11 nitrogen and oxygen atoms in total. The average molecular weight is 767 g/mol. The molecule has 1 heterocycles. The molecule has 2 amide bonds. The lowest BCUT2D eigenvalue weighted by Crippen LogP contribution is -2.29. The molecular weight excluding hydrogens is 717 g/mol.